The number of ether oxygens (including phenoxy) is 1. The minimum Gasteiger partial charge on any atom is -0.477 e. The first-order valence-electron chi connectivity index (χ1n) is 9.33. The van der Waals surface area contributed by atoms with Gasteiger partial charge in [0.1, 0.15) is 0 Å². The smallest absolute Gasteiger partial charge is 0.257 e. The number of pyridine rings is 2. The number of amides is 2. The van der Waals surface area contributed by atoms with Gasteiger partial charge in [-0.05, 0) is 42.8 Å². The zero-order valence-corrected chi connectivity index (χ0v) is 16.1. The topological polar surface area (TPSA) is 93.2 Å². The summed E-state index contributed by atoms with van der Waals surface area (Å²) in [5.74, 6) is -0.0244. The Labute approximate surface area is 169 Å². The Morgan fingerprint density at radius 2 is 1.83 bits per heavy atom. The van der Waals surface area contributed by atoms with Crippen LogP contribution in [0.15, 0.2) is 67.1 Å². The van der Waals surface area contributed by atoms with Gasteiger partial charge in [0.15, 0.2) is 0 Å². The van der Waals surface area contributed by atoms with Gasteiger partial charge in [0.2, 0.25) is 5.88 Å². The van der Waals surface area contributed by atoms with Crippen LogP contribution in [0, 0.1) is 0 Å². The maximum Gasteiger partial charge on any atom is 0.257 e. The molecule has 7 heteroatoms. The first-order chi connectivity index (χ1) is 14.2. The average molecular weight is 390 g/mol. The summed E-state index contributed by atoms with van der Waals surface area (Å²) in [5.41, 5.74) is 2.21. The number of benzene rings is 1. The van der Waals surface area contributed by atoms with Crippen molar-refractivity contribution in [2.75, 3.05) is 11.9 Å². The Hall–Kier alpha value is -3.74. The van der Waals surface area contributed by atoms with Crippen LogP contribution in [0.4, 0.5) is 5.69 Å². The van der Waals surface area contributed by atoms with Crippen LogP contribution >= 0.6 is 0 Å². The van der Waals surface area contributed by atoms with Gasteiger partial charge in [-0.15, -0.1) is 0 Å². The highest BCUT2D eigenvalue weighted by molar-refractivity contribution is 6.04. The van der Waals surface area contributed by atoms with Crippen molar-refractivity contribution in [3.63, 3.8) is 0 Å². The second-order valence-corrected chi connectivity index (χ2v) is 6.28. The van der Waals surface area contributed by atoms with Crippen molar-refractivity contribution >= 4 is 17.5 Å². The second-order valence-electron chi connectivity index (χ2n) is 6.28. The van der Waals surface area contributed by atoms with E-state index in [4.69, 9.17) is 4.74 Å². The minimum absolute atomic E-state index is 0.257. The van der Waals surface area contributed by atoms with Gasteiger partial charge in [0.25, 0.3) is 11.8 Å². The molecule has 0 aliphatic rings. The minimum atomic E-state index is -0.288. The van der Waals surface area contributed by atoms with Gasteiger partial charge in [0.05, 0.1) is 12.2 Å². The van der Waals surface area contributed by atoms with Crippen LogP contribution < -0.4 is 15.4 Å². The molecule has 0 unspecified atom stereocenters. The molecule has 2 N–H and O–H groups in total. The van der Waals surface area contributed by atoms with E-state index < -0.39 is 0 Å². The summed E-state index contributed by atoms with van der Waals surface area (Å²) < 4.78 is 5.61. The summed E-state index contributed by atoms with van der Waals surface area (Å²) >= 11 is 0. The SMILES string of the molecule is CCCOc1ncccc1CNC(=O)c1cccc(NC(=O)c2cccnc2)c1. The predicted molar refractivity (Wildman–Crippen MR) is 110 cm³/mol. The number of hydrogen-bond acceptors (Lipinski definition) is 5. The van der Waals surface area contributed by atoms with Gasteiger partial charge in [-0.25, -0.2) is 4.98 Å². The van der Waals surface area contributed by atoms with Gasteiger partial charge in [0, 0.05) is 41.9 Å². The van der Waals surface area contributed by atoms with Crippen molar-refractivity contribution in [3.05, 3.63) is 83.8 Å². The number of nitrogens with zero attached hydrogens (tertiary/aromatic N) is 2. The molecule has 0 radical (unpaired) electrons. The average Bonchev–Trinajstić information content (AvgIpc) is 2.77. The van der Waals surface area contributed by atoms with E-state index in [0.29, 0.717) is 29.3 Å². The molecule has 0 aliphatic heterocycles. The predicted octanol–water partition coefficient (Wildman–Crippen LogP) is 3.45. The van der Waals surface area contributed by atoms with Crippen LogP contribution in [-0.2, 0) is 6.54 Å². The highest BCUT2D eigenvalue weighted by Gasteiger charge is 2.11. The molecule has 7 nitrogen and oxygen atoms in total. The summed E-state index contributed by atoms with van der Waals surface area (Å²) in [5, 5.41) is 5.63. The first kappa shape index (κ1) is 20.0. The van der Waals surface area contributed by atoms with E-state index in [0.717, 1.165) is 12.0 Å². The largest absolute Gasteiger partial charge is 0.477 e. The lowest BCUT2D eigenvalue weighted by Gasteiger charge is -2.11. The Kier molecular flexibility index (Phi) is 6.89. The van der Waals surface area contributed by atoms with Gasteiger partial charge < -0.3 is 15.4 Å². The molecule has 0 saturated carbocycles. The van der Waals surface area contributed by atoms with Gasteiger partial charge in [-0.3, -0.25) is 14.6 Å². The third-order valence-electron chi connectivity index (χ3n) is 4.04. The summed E-state index contributed by atoms with van der Waals surface area (Å²) in [4.78, 5) is 33.0. The summed E-state index contributed by atoms with van der Waals surface area (Å²) in [6.07, 6.45) is 5.62. The van der Waals surface area contributed by atoms with E-state index in [1.165, 1.54) is 6.20 Å². The number of rotatable bonds is 8. The van der Waals surface area contributed by atoms with Crippen molar-refractivity contribution in [1.29, 1.82) is 0 Å². The van der Waals surface area contributed by atoms with Gasteiger partial charge in [-0.1, -0.05) is 19.1 Å². The molecule has 3 aromatic rings. The van der Waals surface area contributed by atoms with Crippen molar-refractivity contribution in [3.8, 4) is 5.88 Å². The highest BCUT2D eigenvalue weighted by atomic mass is 16.5. The molecule has 1 aromatic carbocycles. The molecule has 148 valence electrons. The maximum atomic E-state index is 12.6. The summed E-state index contributed by atoms with van der Waals surface area (Å²) in [6.45, 7) is 2.87. The Balaban J connectivity index is 1.63. The van der Waals surface area contributed by atoms with Crippen LogP contribution in [0.5, 0.6) is 5.88 Å². The van der Waals surface area contributed by atoms with Gasteiger partial charge >= 0.3 is 0 Å². The Bertz CT molecular complexity index is 977. The van der Waals surface area contributed by atoms with Crippen LogP contribution in [0.3, 0.4) is 0 Å². The molecular formula is C22H22N4O3. The van der Waals surface area contributed by atoms with E-state index in [9.17, 15) is 9.59 Å². The molecule has 2 aromatic heterocycles. The van der Waals surface area contributed by atoms with E-state index >= 15 is 0 Å². The van der Waals surface area contributed by atoms with E-state index in [1.807, 2.05) is 13.0 Å². The molecule has 0 atom stereocenters. The molecule has 0 fully saturated rings. The zero-order chi connectivity index (χ0) is 20.5. The fourth-order valence-corrected chi connectivity index (χ4v) is 2.60. The van der Waals surface area contributed by atoms with E-state index in [2.05, 4.69) is 20.6 Å². The molecule has 0 bridgehead atoms. The lowest BCUT2D eigenvalue weighted by atomic mass is 10.1. The Morgan fingerprint density at radius 3 is 2.62 bits per heavy atom. The molecule has 0 spiro atoms. The van der Waals surface area contributed by atoms with Crippen LogP contribution in [-0.4, -0.2) is 28.4 Å². The van der Waals surface area contributed by atoms with Crippen LogP contribution in [0.2, 0.25) is 0 Å². The number of carbonyl (C=O) groups is 2. The molecule has 0 saturated heterocycles. The number of carbonyl (C=O) groups excluding carboxylic acids is 2. The van der Waals surface area contributed by atoms with Crippen molar-refractivity contribution < 1.29 is 14.3 Å². The lowest BCUT2D eigenvalue weighted by Crippen LogP contribution is -2.23. The molecular weight excluding hydrogens is 368 g/mol. The van der Waals surface area contributed by atoms with Crippen LogP contribution in [0.1, 0.15) is 39.6 Å². The molecule has 0 aliphatic carbocycles. The zero-order valence-electron chi connectivity index (χ0n) is 16.1. The monoisotopic (exact) mass is 390 g/mol. The van der Waals surface area contributed by atoms with E-state index in [-0.39, 0.29) is 18.4 Å². The first-order valence-corrected chi connectivity index (χ1v) is 9.33. The van der Waals surface area contributed by atoms with Crippen molar-refractivity contribution in [2.24, 2.45) is 0 Å². The highest BCUT2D eigenvalue weighted by Crippen LogP contribution is 2.16. The normalized spacial score (nSPS) is 10.2. The standard InChI is InChI=1S/C22H22N4O3/c1-2-12-29-22-18(8-5-11-24-22)15-25-20(27)16-6-3-9-19(13-16)26-21(28)17-7-4-10-23-14-17/h3-11,13-14H,2,12,15H2,1H3,(H,25,27)(H,26,28). The maximum absolute atomic E-state index is 12.6. The molecule has 2 heterocycles. The fourth-order valence-electron chi connectivity index (χ4n) is 2.60. The second kappa shape index (κ2) is 9.98. The van der Waals surface area contributed by atoms with Crippen molar-refractivity contribution in [1.82, 2.24) is 15.3 Å². The number of anilines is 1. The molecule has 2 amide bonds. The number of hydrogen-bond donors (Lipinski definition) is 2. The molecule has 29 heavy (non-hydrogen) atoms. The molecule has 3 rings (SSSR count). The van der Waals surface area contributed by atoms with Crippen LogP contribution in [0.25, 0.3) is 0 Å². The summed E-state index contributed by atoms with van der Waals surface area (Å²) in [7, 11) is 0. The third-order valence-corrected chi connectivity index (χ3v) is 4.04. The number of nitrogens with one attached hydrogen (secondary N) is 2. The number of aromatic nitrogens is 2. The van der Waals surface area contributed by atoms with Crippen molar-refractivity contribution in [2.45, 2.75) is 19.9 Å². The lowest BCUT2D eigenvalue weighted by molar-refractivity contribution is 0.0949. The van der Waals surface area contributed by atoms with Gasteiger partial charge in [-0.2, -0.15) is 0 Å². The quantitative estimate of drug-likeness (QED) is 0.614. The Morgan fingerprint density at radius 1 is 1.00 bits per heavy atom. The third kappa shape index (κ3) is 5.62. The fraction of sp³-hybridized carbons (Fsp3) is 0.182. The summed E-state index contributed by atoms with van der Waals surface area (Å²) in [6, 6.07) is 13.8. The van der Waals surface area contributed by atoms with E-state index in [1.54, 1.807) is 54.9 Å².